The van der Waals surface area contributed by atoms with Gasteiger partial charge in [-0.2, -0.15) is 0 Å². The molecule has 0 saturated carbocycles. The van der Waals surface area contributed by atoms with E-state index in [1.807, 2.05) is 0 Å². The molecule has 3 heterocycles. The third-order valence-electron chi connectivity index (χ3n) is 14.4. The quantitative estimate of drug-likeness (QED) is 0.158. The summed E-state index contributed by atoms with van der Waals surface area (Å²) in [5, 5.41) is 7.66. The normalized spacial score (nSPS) is 13.6. The van der Waals surface area contributed by atoms with E-state index in [0.717, 1.165) is 18.5 Å². The van der Waals surface area contributed by atoms with Crippen LogP contribution in [0, 0.1) is 0 Å². The highest BCUT2D eigenvalue weighted by Gasteiger charge is 2.27. The van der Waals surface area contributed by atoms with Gasteiger partial charge >= 0.3 is 0 Å². The van der Waals surface area contributed by atoms with Gasteiger partial charge in [-0.25, -0.2) is 0 Å². The number of hydrogen-bond donors (Lipinski definition) is 0. The molecule has 0 bridgehead atoms. The first kappa shape index (κ1) is 37.0. The molecular formula is C63H43N3. The predicted molar refractivity (Wildman–Crippen MR) is 277 cm³/mol. The zero-order valence-electron chi connectivity index (χ0n) is 36.3. The maximum absolute atomic E-state index is 2.51. The van der Waals surface area contributed by atoms with Crippen LogP contribution in [0.4, 0.5) is 0 Å². The van der Waals surface area contributed by atoms with E-state index in [4.69, 9.17) is 0 Å². The first-order chi connectivity index (χ1) is 32.7. The summed E-state index contributed by atoms with van der Waals surface area (Å²) < 4.78 is 7.31. The summed E-state index contributed by atoms with van der Waals surface area (Å²) in [4.78, 5) is 0. The number of aromatic nitrogens is 3. The van der Waals surface area contributed by atoms with Crippen LogP contribution >= 0.6 is 0 Å². The van der Waals surface area contributed by atoms with Crippen LogP contribution in [0.15, 0.2) is 231 Å². The van der Waals surface area contributed by atoms with Gasteiger partial charge in [-0.1, -0.05) is 152 Å². The van der Waals surface area contributed by atoms with Crippen molar-refractivity contribution < 1.29 is 0 Å². The van der Waals surface area contributed by atoms with Gasteiger partial charge in [0.05, 0.1) is 33.1 Å². The first-order valence-electron chi connectivity index (χ1n) is 23.2. The molecule has 0 saturated heterocycles. The molecule has 1 aliphatic carbocycles. The summed E-state index contributed by atoms with van der Waals surface area (Å²) >= 11 is 0. The monoisotopic (exact) mass is 841 g/mol. The molecule has 3 heteroatoms. The van der Waals surface area contributed by atoms with E-state index >= 15 is 0 Å². The number of hydrogen-bond acceptors (Lipinski definition) is 0. The van der Waals surface area contributed by atoms with Gasteiger partial charge < -0.3 is 13.7 Å². The summed E-state index contributed by atoms with van der Waals surface area (Å²) in [5.74, 6) is 0.355. The Hall–Kier alpha value is -8.40. The summed E-state index contributed by atoms with van der Waals surface area (Å²) in [6.45, 7) is 0. The van der Waals surface area contributed by atoms with Gasteiger partial charge in [0, 0.05) is 49.4 Å². The zero-order chi connectivity index (χ0) is 43.3. The van der Waals surface area contributed by atoms with Crippen molar-refractivity contribution in [2.24, 2.45) is 0 Å². The Morgan fingerprint density at radius 2 is 0.758 bits per heavy atom. The van der Waals surface area contributed by atoms with E-state index in [1.165, 1.54) is 116 Å². The van der Waals surface area contributed by atoms with E-state index in [0.29, 0.717) is 5.92 Å². The molecule has 1 atom stereocenters. The Labute approximate surface area is 382 Å². The highest BCUT2D eigenvalue weighted by molar-refractivity contribution is 6.19. The highest BCUT2D eigenvalue weighted by Crippen LogP contribution is 2.46. The minimum Gasteiger partial charge on any atom is -0.309 e. The summed E-state index contributed by atoms with van der Waals surface area (Å²) in [7, 11) is 0. The zero-order valence-corrected chi connectivity index (χ0v) is 36.3. The van der Waals surface area contributed by atoms with Crippen LogP contribution in [-0.4, -0.2) is 13.7 Å². The molecule has 0 N–H and O–H groups in total. The minimum atomic E-state index is 0.355. The Kier molecular flexibility index (Phi) is 8.17. The van der Waals surface area contributed by atoms with Gasteiger partial charge in [0.1, 0.15) is 0 Å². The number of fused-ring (bicyclic) bond motifs is 12. The number of benzene rings is 10. The fraction of sp³-hybridized carbons (Fsp3) is 0.0476. The average Bonchev–Trinajstić information content (AvgIpc) is 4.01. The molecule has 13 aromatic rings. The molecule has 3 nitrogen and oxygen atoms in total. The lowest BCUT2D eigenvalue weighted by atomic mass is 9.75. The Morgan fingerprint density at radius 3 is 1.32 bits per heavy atom. The molecule has 0 spiro atoms. The molecule has 1 unspecified atom stereocenters. The lowest BCUT2D eigenvalue weighted by Gasteiger charge is -2.28. The van der Waals surface area contributed by atoms with Gasteiger partial charge in [-0.05, 0) is 137 Å². The molecule has 3 aromatic heterocycles. The van der Waals surface area contributed by atoms with E-state index in [2.05, 4.69) is 244 Å². The summed E-state index contributed by atoms with van der Waals surface area (Å²) in [6, 6.07) is 85.4. The van der Waals surface area contributed by atoms with Crippen LogP contribution in [-0.2, 0) is 12.8 Å². The molecule has 14 rings (SSSR count). The van der Waals surface area contributed by atoms with Gasteiger partial charge in [0.25, 0.3) is 0 Å². The SMILES string of the molecule is c1ccc(-n2c3ccccc3c3cc4c(cc32)C(Cc2ccc(-c3ccc(-n5c6ccccc6c6cc7c8ccccc8n(-c8ccccc8)c7cc65)cc3)cc2)Cc2ccccc2-4)cc1. The average molecular weight is 842 g/mol. The van der Waals surface area contributed by atoms with Crippen LogP contribution in [0.2, 0.25) is 0 Å². The van der Waals surface area contributed by atoms with Crippen LogP contribution in [0.5, 0.6) is 0 Å². The van der Waals surface area contributed by atoms with Crippen molar-refractivity contribution in [1.82, 2.24) is 13.7 Å². The maximum Gasteiger partial charge on any atom is 0.0562 e. The van der Waals surface area contributed by atoms with Crippen molar-refractivity contribution >= 4 is 65.4 Å². The van der Waals surface area contributed by atoms with Crippen molar-refractivity contribution in [3.05, 3.63) is 247 Å². The lowest BCUT2D eigenvalue weighted by molar-refractivity contribution is 0.673. The number of nitrogens with zero attached hydrogens (tertiary/aromatic N) is 3. The largest absolute Gasteiger partial charge is 0.309 e. The number of rotatable bonds is 6. The topological polar surface area (TPSA) is 14.8 Å². The van der Waals surface area contributed by atoms with Crippen LogP contribution in [0.25, 0.3) is 105 Å². The van der Waals surface area contributed by atoms with Gasteiger partial charge in [0.2, 0.25) is 0 Å². The smallest absolute Gasteiger partial charge is 0.0562 e. The van der Waals surface area contributed by atoms with Crippen LogP contribution in [0.1, 0.15) is 22.6 Å². The predicted octanol–water partition coefficient (Wildman–Crippen LogP) is 16.2. The Balaban J connectivity index is 0.823. The highest BCUT2D eigenvalue weighted by atomic mass is 15.0. The van der Waals surface area contributed by atoms with Crippen molar-refractivity contribution in [1.29, 1.82) is 0 Å². The van der Waals surface area contributed by atoms with E-state index in [9.17, 15) is 0 Å². The Morgan fingerprint density at radius 1 is 0.318 bits per heavy atom. The number of para-hydroxylation sites is 5. The lowest BCUT2D eigenvalue weighted by Crippen LogP contribution is -2.14. The van der Waals surface area contributed by atoms with Crippen molar-refractivity contribution in [2.45, 2.75) is 18.8 Å². The fourth-order valence-corrected chi connectivity index (χ4v) is 11.5. The second-order valence-electron chi connectivity index (χ2n) is 18.1. The molecule has 66 heavy (non-hydrogen) atoms. The van der Waals surface area contributed by atoms with Crippen molar-refractivity contribution in [2.75, 3.05) is 0 Å². The van der Waals surface area contributed by atoms with E-state index < -0.39 is 0 Å². The first-order valence-corrected chi connectivity index (χ1v) is 23.2. The van der Waals surface area contributed by atoms with E-state index in [-0.39, 0.29) is 0 Å². The van der Waals surface area contributed by atoms with Gasteiger partial charge in [-0.3, -0.25) is 0 Å². The molecule has 0 fully saturated rings. The molecule has 1 aliphatic rings. The maximum atomic E-state index is 2.51. The standard InChI is InChI=1S/C63H43N3/c1-3-16-46(17-4-1)64-58-24-12-9-21-50(58)55-37-54-49-20-8-7-15-44(49)36-45(53(54)39-61(55)64)35-41-27-29-42(30-28-41)43-31-33-48(34-32-43)66-60-26-14-11-23-52(60)57-38-56-51-22-10-13-25-59(51)65(62(56)40-63(57)66)47-18-5-2-6-19-47/h1-34,37-40,45H,35-36H2. The molecule has 0 amide bonds. The third-order valence-corrected chi connectivity index (χ3v) is 14.4. The van der Waals surface area contributed by atoms with Gasteiger partial charge in [-0.15, -0.1) is 0 Å². The fourth-order valence-electron chi connectivity index (χ4n) is 11.5. The minimum absolute atomic E-state index is 0.355. The molecule has 310 valence electrons. The van der Waals surface area contributed by atoms with Crippen LogP contribution < -0.4 is 0 Å². The second kappa shape index (κ2) is 14.6. The third kappa shape index (κ3) is 5.63. The van der Waals surface area contributed by atoms with Crippen molar-refractivity contribution in [3.63, 3.8) is 0 Å². The molecule has 0 radical (unpaired) electrons. The van der Waals surface area contributed by atoms with Crippen molar-refractivity contribution in [3.8, 4) is 39.3 Å². The summed E-state index contributed by atoms with van der Waals surface area (Å²) in [5.41, 5.74) is 20.3. The van der Waals surface area contributed by atoms with E-state index in [1.54, 1.807) is 0 Å². The molecule has 0 aliphatic heterocycles. The Bertz CT molecular complexity index is 4020. The summed E-state index contributed by atoms with van der Waals surface area (Å²) in [6.07, 6.45) is 1.99. The molecular weight excluding hydrogens is 799 g/mol. The second-order valence-corrected chi connectivity index (χ2v) is 18.1. The molecule has 10 aromatic carbocycles. The van der Waals surface area contributed by atoms with Crippen LogP contribution in [0.3, 0.4) is 0 Å². The van der Waals surface area contributed by atoms with Gasteiger partial charge in [0.15, 0.2) is 0 Å².